The summed E-state index contributed by atoms with van der Waals surface area (Å²) in [6.07, 6.45) is 10.7. The van der Waals surface area contributed by atoms with Crippen LogP contribution in [0.15, 0.2) is 29.1 Å². The molecule has 1 radical (unpaired) electrons. The predicted molar refractivity (Wildman–Crippen MR) is 131 cm³/mol. The maximum Gasteiger partial charge on any atom is 0.248 e. The fourth-order valence-electron chi connectivity index (χ4n) is 4.58. The molecule has 1 aromatic carbocycles. The second-order valence-corrected chi connectivity index (χ2v) is 9.26. The zero-order valence-electron chi connectivity index (χ0n) is 19.3. The Bertz CT molecular complexity index is 874. The maximum atomic E-state index is 11.5. The van der Waals surface area contributed by atoms with Gasteiger partial charge >= 0.3 is 0 Å². The second-order valence-electron chi connectivity index (χ2n) is 9.26. The van der Waals surface area contributed by atoms with Gasteiger partial charge in [-0.25, -0.2) is 0 Å². The number of nitrogens with zero attached hydrogens (tertiary/aromatic N) is 1. The lowest BCUT2D eigenvalue weighted by Gasteiger charge is -2.30. The monoisotopic (exact) mass is 442 g/mol. The van der Waals surface area contributed by atoms with E-state index in [-0.39, 0.29) is 11.3 Å². The van der Waals surface area contributed by atoms with E-state index in [0.29, 0.717) is 28.9 Å². The lowest BCUT2D eigenvalue weighted by Crippen LogP contribution is -2.33. The first kappa shape index (κ1) is 24.7. The molecule has 2 heterocycles. The van der Waals surface area contributed by atoms with Crippen LogP contribution in [0.25, 0.3) is 10.9 Å². The summed E-state index contributed by atoms with van der Waals surface area (Å²) in [5, 5.41) is 24.5. The minimum Gasteiger partial charge on any atom is -0.506 e. The summed E-state index contributed by atoms with van der Waals surface area (Å²) < 4.78 is 0. The van der Waals surface area contributed by atoms with Crippen molar-refractivity contribution in [1.29, 1.82) is 0 Å². The van der Waals surface area contributed by atoms with E-state index in [9.17, 15) is 15.0 Å². The van der Waals surface area contributed by atoms with Crippen molar-refractivity contribution < 1.29 is 10.2 Å². The largest absolute Gasteiger partial charge is 0.506 e. The molecule has 4 N–H and O–H groups in total. The van der Waals surface area contributed by atoms with Gasteiger partial charge in [-0.05, 0) is 75.5 Å². The van der Waals surface area contributed by atoms with Crippen molar-refractivity contribution in [2.24, 2.45) is 5.92 Å². The first-order valence-corrected chi connectivity index (χ1v) is 12.3. The van der Waals surface area contributed by atoms with Crippen LogP contribution in [-0.4, -0.2) is 52.8 Å². The number of unbranched alkanes of at least 4 members (excludes halogenated alkanes) is 6. The Morgan fingerprint density at radius 2 is 1.72 bits per heavy atom. The highest BCUT2D eigenvalue weighted by Crippen LogP contribution is 2.28. The molecule has 6 heteroatoms. The summed E-state index contributed by atoms with van der Waals surface area (Å²) in [7, 11) is 0. The molecule has 177 valence electrons. The number of aromatic hydroxyl groups is 1. The molecule has 0 bridgehead atoms. The van der Waals surface area contributed by atoms with E-state index in [1.54, 1.807) is 12.1 Å². The first-order chi connectivity index (χ1) is 15.5. The van der Waals surface area contributed by atoms with E-state index in [0.717, 1.165) is 13.0 Å². The molecule has 32 heavy (non-hydrogen) atoms. The van der Waals surface area contributed by atoms with Crippen molar-refractivity contribution in [3.8, 4) is 5.75 Å². The van der Waals surface area contributed by atoms with Crippen molar-refractivity contribution in [1.82, 2.24) is 15.2 Å². The van der Waals surface area contributed by atoms with Crippen molar-refractivity contribution >= 4 is 10.9 Å². The summed E-state index contributed by atoms with van der Waals surface area (Å²) >= 11 is 0. The van der Waals surface area contributed by atoms with Gasteiger partial charge in [-0.3, -0.25) is 4.79 Å². The minimum absolute atomic E-state index is 0.0142. The summed E-state index contributed by atoms with van der Waals surface area (Å²) in [6, 6.07) is 6.29. The molecule has 0 spiro atoms. The van der Waals surface area contributed by atoms with Crippen LogP contribution in [0.1, 0.15) is 69.5 Å². The number of phenolic OH excluding ortho intramolecular Hbond substituents is 1. The van der Waals surface area contributed by atoms with E-state index in [2.05, 4.69) is 22.1 Å². The molecule has 1 aliphatic heterocycles. The highest BCUT2D eigenvalue weighted by molar-refractivity contribution is 5.87. The third kappa shape index (κ3) is 7.61. The second kappa shape index (κ2) is 13.0. The summed E-state index contributed by atoms with van der Waals surface area (Å²) in [4.78, 5) is 16.8. The number of rotatable bonds is 13. The van der Waals surface area contributed by atoms with Crippen LogP contribution in [0.5, 0.6) is 5.75 Å². The molecule has 1 saturated heterocycles. The number of aromatic amines is 1. The van der Waals surface area contributed by atoms with Gasteiger partial charge in [0.15, 0.2) is 0 Å². The Morgan fingerprint density at radius 3 is 2.47 bits per heavy atom. The lowest BCUT2D eigenvalue weighted by atomic mass is 9.99. The topological polar surface area (TPSA) is 88.6 Å². The third-order valence-corrected chi connectivity index (χ3v) is 6.64. The van der Waals surface area contributed by atoms with Crippen LogP contribution >= 0.6 is 0 Å². The van der Waals surface area contributed by atoms with Gasteiger partial charge in [0, 0.05) is 18.0 Å². The van der Waals surface area contributed by atoms with E-state index >= 15 is 0 Å². The number of pyridine rings is 1. The number of aliphatic hydroxyl groups is 1. The van der Waals surface area contributed by atoms with Crippen LogP contribution in [0.3, 0.4) is 0 Å². The van der Waals surface area contributed by atoms with Gasteiger partial charge in [-0.1, -0.05) is 45.1 Å². The molecular weight excluding hydrogens is 402 g/mol. The molecule has 6 nitrogen and oxygen atoms in total. The van der Waals surface area contributed by atoms with Gasteiger partial charge in [0.2, 0.25) is 5.56 Å². The van der Waals surface area contributed by atoms with Crippen molar-refractivity contribution in [2.75, 3.05) is 32.7 Å². The maximum absolute atomic E-state index is 11.5. The number of aromatic nitrogens is 1. The number of hydrogen-bond acceptors (Lipinski definition) is 5. The predicted octanol–water partition coefficient (Wildman–Crippen LogP) is 4.13. The molecule has 1 aromatic heterocycles. The number of piperidine rings is 1. The molecule has 0 unspecified atom stereocenters. The molecule has 1 atom stereocenters. The Hall–Kier alpha value is -1.89. The van der Waals surface area contributed by atoms with Crippen LogP contribution in [-0.2, 0) is 0 Å². The van der Waals surface area contributed by atoms with Crippen LogP contribution < -0.4 is 10.9 Å². The number of nitrogens with one attached hydrogen (secondary N) is 2. The number of benzene rings is 1. The quantitative estimate of drug-likeness (QED) is 0.350. The average Bonchev–Trinajstić information content (AvgIpc) is 2.79. The van der Waals surface area contributed by atoms with E-state index in [1.807, 2.05) is 0 Å². The van der Waals surface area contributed by atoms with E-state index < -0.39 is 6.10 Å². The van der Waals surface area contributed by atoms with Gasteiger partial charge in [-0.2, -0.15) is 0 Å². The van der Waals surface area contributed by atoms with Gasteiger partial charge in [-0.15, -0.1) is 0 Å². The van der Waals surface area contributed by atoms with Crippen molar-refractivity contribution in [3.63, 3.8) is 0 Å². The lowest BCUT2D eigenvalue weighted by molar-refractivity contribution is 0.176. The molecular formula is C26H40N3O3. The average molecular weight is 443 g/mol. The molecule has 1 aliphatic rings. The highest BCUT2D eigenvalue weighted by atomic mass is 16.3. The fourth-order valence-corrected chi connectivity index (χ4v) is 4.58. The number of hydrogen-bond donors (Lipinski definition) is 4. The third-order valence-electron chi connectivity index (χ3n) is 6.64. The summed E-state index contributed by atoms with van der Waals surface area (Å²) in [5.74, 6) is 0.684. The molecule has 0 saturated carbocycles. The van der Waals surface area contributed by atoms with Crippen molar-refractivity contribution in [2.45, 2.75) is 63.9 Å². The number of fused-ring (bicyclic) bond motifs is 1. The van der Waals surface area contributed by atoms with Gasteiger partial charge in [0.1, 0.15) is 5.75 Å². The molecule has 3 rings (SSSR count). The van der Waals surface area contributed by atoms with Gasteiger partial charge in [0.25, 0.3) is 0 Å². The first-order valence-electron chi connectivity index (χ1n) is 12.3. The minimum atomic E-state index is -0.691. The smallest absolute Gasteiger partial charge is 0.248 e. The van der Waals surface area contributed by atoms with Gasteiger partial charge < -0.3 is 25.4 Å². The normalized spacial score (nSPS) is 16.6. The highest BCUT2D eigenvalue weighted by Gasteiger charge is 2.15. The molecule has 2 aromatic rings. The number of phenols is 1. The summed E-state index contributed by atoms with van der Waals surface area (Å²) in [6.45, 7) is 9.22. The Balaban J connectivity index is 1.22. The Labute approximate surface area is 192 Å². The Morgan fingerprint density at radius 1 is 1.03 bits per heavy atom. The number of H-pyrrole nitrogens is 1. The Kier molecular flexibility index (Phi) is 10.0. The SMILES string of the molecule is [CH2]C1CCN(CCCCCCCCCNC[C@H](O)c2ccc(O)c3[nH]c(=O)ccc23)CC1. The fraction of sp³-hybridized carbons (Fsp3) is 0.615. The number of likely N-dealkylation sites (tertiary alicyclic amines) is 1. The zero-order valence-corrected chi connectivity index (χ0v) is 19.3. The van der Waals surface area contributed by atoms with E-state index in [1.165, 1.54) is 83.1 Å². The summed E-state index contributed by atoms with van der Waals surface area (Å²) in [5.41, 5.74) is 0.807. The van der Waals surface area contributed by atoms with Gasteiger partial charge in [0.05, 0.1) is 11.6 Å². The van der Waals surface area contributed by atoms with Crippen LogP contribution in [0.2, 0.25) is 0 Å². The van der Waals surface area contributed by atoms with E-state index in [4.69, 9.17) is 0 Å². The number of aliphatic hydroxyl groups excluding tert-OH is 1. The molecule has 0 amide bonds. The van der Waals surface area contributed by atoms with Crippen molar-refractivity contribution in [3.05, 3.63) is 47.1 Å². The molecule has 0 aliphatic carbocycles. The zero-order chi connectivity index (χ0) is 22.8. The standard InChI is InChI=1S/C26H40N3O3/c1-20-13-17-29(18-14-20)16-8-6-4-2-3-5-7-15-27-19-24(31)21-9-11-23(30)26-22(21)10-12-25(32)28-26/h9-12,20,24,27,30-31H,1-8,13-19H2,(H,28,32)/t24-/m0/s1. The van der Waals surface area contributed by atoms with Crippen LogP contribution in [0, 0.1) is 12.8 Å². The van der Waals surface area contributed by atoms with Crippen LogP contribution in [0.4, 0.5) is 0 Å². The molecule has 1 fully saturated rings.